The van der Waals surface area contributed by atoms with Crippen LogP contribution in [-0.2, 0) is 6.54 Å². The van der Waals surface area contributed by atoms with Crippen LogP contribution in [0.25, 0.3) is 0 Å². The third kappa shape index (κ3) is 4.87. The van der Waals surface area contributed by atoms with Gasteiger partial charge in [0.25, 0.3) is 0 Å². The van der Waals surface area contributed by atoms with Crippen molar-refractivity contribution in [2.24, 2.45) is 10.9 Å². The molecule has 142 valence electrons. The van der Waals surface area contributed by atoms with Gasteiger partial charge in [-0.25, -0.2) is 9.97 Å². The van der Waals surface area contributed by atoms with Crippen LogP contribution in [0.2, 0.25) is 0 Å². The van der Waals surface area contributed by atoms with Gasteiger partial charge in [-0.15, -0.1) is 24.0 Å². The molecule has 0 spiro atoms. The molecule has 0 aliphatic carbocycles. The second-order valence-electron chi connectivity index (χ2n) is 6.36. The van der Waals surface area contributed by atoms with E-state index in [0.29, 0.717) is 24.4 Å². The molecule has 7 nitrogen and oxygen atoms in total. The highest BCUT2D eigenvalue weighted by Crippen LogP contribution is 2.27. The Labute approximate surface area is 171 Å². The number of likely N-dealkylation sites (tertiary alicyclic amines) is 1. The molecule has 1 aliphatic heterocycles. The van der Waals surface area contributed by atoms with Crippen molar-refractivity contribution >= 4 is 29.9 Å². The topological polar surface area (TPSA) is 67.6 Å². The van der Waals surface area contributed by atoms with Crippen LogP contribution in [0.3, 0.4) is 0 Å². The lowest BCUT2D eigenvalue weighted by Crippen LogP contribution is -2.48. The van der Waals surface area contributed by atoms with Gasteiger partial charge < -0.3 is 19.5 Å². The minimum Gasteiger partial charge on any atom is -0.481 e. The van der Waals surface area contributed by atoms with E-state index >= 15 is 0 Å². The van der Waals surface area contributed by atoms with Crippen LogP contribution in [0.1, 0.15) is 25.1 Å². The van der Waals surface area contributed by atoms with E-state index in [0.717, 1.165) is 31.2 Å². The van der Waals surface area contributed by atoms with E-state index in [4.69, 9.17) is 4.74 Å². The molecule has 3 heterocycles. The minimum atomic E-state index is 0. The third-order valence-electron chi connectivity index (χ3n) is 4.76. The number of hydrogen-bond acceptors (Lipinski definition) is 4. The fourth-order valence-corrected chi connectivity index (χ4v) is 3.27. The van der Waals surface area contributed by atoms with Crippen LogP contribution in [0.15, 0.2) is 41.9 Å². The summed E-state index contributed by atoms with van der Waals surface area (Å²) in [5.41, 5.74) is 0.928. The zero-order valence-electron chi connectivity index (χ0n) is 15.5. The fraction of sp³-hybridized carbons (Fsp3) is 0.500. The molecule has 1 fully saturated rings. The Morgan fingerprint density at radius 2 is 2.27 bits per heavy atom. The van der Waals surface area contributed by atoms with Gasteiger partial charge >= 0.3 is 0 Å². The molecular formula is C18H27IN6O. The number of imidazole rings is 1. The van der Waals surface area contributed by atoms with Crippen molar-refractivity contribution in [1.29, 1.82) is 0 Å². The number of halogens is 1. The van der Waals surface area contributed by atoms with Crippen molar-refractivity contribution in [3.63, 3.8) is 0 Å². The van der Waals surface area contributed by atoms with E-state index in [1.54, 1.807) is 7.11 Å². The van der Waals surface area contributed by atoms with Crippen molar-refractivity contribution < 1.29 is 4.74 Å². The number of methoxy groups -OCH3 is 1. The summed E-state index contributed by atoms with van der Waals surface area (Å²) >= 11 is 0. The second kappa shape index (κ2) is 9.75. The lowest BCUT2D eigenvalue weighted by molar-refractivity contribution is 0.189. The number of pyridine rings is 1. The van der Waals surface area contributed by atoms with Crippen molar-refractivity contribution in [2.45, 2.75) is 25.9 Å². The maximum absolute atomic E-state index is 5.18. The van der Waals surface area contributed by atoms with E-state index in [1.165, 1.54) is 0 Å². The summed E-state index contributed by atoms with van der Waals surface area (Å²) in [4.78, 5) is 15.4. The molecule has 0 radical (unpaired) electrons. The standard InChI is InChI=1S/C18H26N6O.HI/c1-14-7-9-23(12-16(14)24-10-8-20-13-24)18(19-2)21-11-15-5-4-6-17(22-15)25-3;/h4-6,8,10,13-14,16H,7,9,11-12H2,1-3H3,(H,19,21);1H. The van der Waals surface area contributed by atoms with Crippen molar-refractivity contribution in [3.8, 4) is 5.88 Å². The summed E-state index contributed by atoms with van der Waals surface area (Å²) in [6, 6.07) is 6.18. The summed E-state index contributed by atoms with van der Waals surface area (Å²) in [7, 11) is 3.45. The highest BCUT2D eigenvalue weighted by molar-refractivity contribution is 14.0. The highest BCUT2D eigenvalue weighted by atomic mass is 127. The Morgan fingerprint density at radius 3 is 2.96 bits per heavy atom. The molecule has 2 aromatic rings. The Kier molecular flexibility index (Phi) is 7.67. The lowest BCUT2D eigenvalue weighted by Gasteiger charge is -2.39. The molecule has 0 bridgehead atoms. The average molecular weight is 470 g/mol. The monoisotopic (exact) mass is 470 g/mol. The third-order valence-corrected chi connectivity index (χ3v) is 4.76. The van der Waals surface area contributed by atoms with Gasteiger partial charge in [0, 0.05) is 38.6 Å². The van der Waals surface area contributed by atoms with Gasteiger partial charge in [-0.2, -0.15) is 0 Å². The van der Waals surface area contributed by atoms with E-state index < -0.39 is 0 Å². The molecule has 0 aromatic carbocycles. The molecule has 2 atom stereocenters. The summed E-state index contributed by atoms with van der Waals surface area (Å²) in [6.45, 7) is 4.84. The van der Waals surface area contributed by atoms with Crippen LogP contribution < -0.4 is 10.1 Å². The number of hydrogen-bond donors (Lipinski definition) is 1. The molecular weight excluding hydrogens is 443 g/mol. The summed E-state index contributed by atoms with van der Waals surface area (Å²) < 4.78 is 7.39. The van der Waals surface area contributed by atoms with Crippen LogP contribution in [0.4, 0.5) is 0 Å². The van der Waals surface area contributed by atoms with E-state index in [1.807, 2.05) is 44.0 Å². The number of nitrogens with zero attached hydrogens (tertiary/aromatic N) is 5. The zero-order valence-corrected chi connectivity index (χ0v) is 17.8. The number of aromatic nitrogens is 3. The average Bonchev–Trinajstić information content (AvgIpc) is 3.18. The molecule has 1 N–H and O–H groups in total. The molecule has 0 amide bonds. The Morgan fingerprint density at radius 1 is 1.42 bits per heavy atom. The molecule has 2 aromatic heterocycles. The Bertz CT molecular complexity index is 705. The summed E-state index contributed by atoms with van der Waals surface area (Å²) in [6.07, 6.45) is 6.91. The SMILES string of the molecule is CN=C(NCc1cccc(OC)n1)N1CCC(C)C(n2ccnc2)C1.I. The molecule has 0 saturated carbocycles. The first-order valence-electron chi connectivity index (χ1n) is 8.64. The number of guanidine groups is 1. The fourth-order valence-electron chi connectivity index (χ4n) is 3.27. The maximum atomic E-state index is 5.18. The van der Waals surface area contributed by atoms with Crippen LogP contribution >= 0.6 is 24.0 Å². The van der Waals surface area contributed by atoms with Gasteiger partial charge in [0.15, 0.2) is 5.96 Å². The van der Waals surface area contributed by atoms with Crippen molar-refractivity contribution in [2.75, 3.05) is 27.2 Å². The van der Waals surface area contributed by atoms with Gasteiger partial charge in [0.2, 0.25) is 5.88 Å². The highest BCUT2D eigenvalue weighted by Gasteiger charge is 2.28. The number of piperidine rings is 1. The largest absolute Gasteiger partial charge is 0.481 e. The number of nitrogens with one attached hydrogen (secondary N) is 1. The molecule has 8 heteroatoms. The number of aliphatic imine (C=N–C) groups is 1. The van der Waals surface area contributed by atoms with Gasteiger partial charge in [-0.1, -0.05) is 13.0 Å². The Hall–Kier alpha value is -1.84. The lowest BCUT2D eigenvalue weighted by atomic mass is 9.93. The van der Waals surface area contributed by atoms with Crippen molar-refractivity contribution in [1.82, 2.24) is 24.8 Å². The molecule has 3 rings (SSSR count). The second-order valence-corrected chi connectivity index (χ2v) is 6.36. The maximum Gasteiger partial charge on any atom is 0.213 e. The van der Waals surface area contributed by atoms with Crippen molar-refractivity contribution in [3.05, 3.63) is 42.6 Å². The van der Waals surface area contributed by atoms with E-state index in [-0.39, 0.29) is 24.0 Å². The molecule has 1 aliphatic rings. The number of ether oxygens (including phenoxy) is 1. The molecule has 26 heavy (non-hydrogen) atoms. The first-order valence-corrected chi connectivity index (χ1v) is 8.64. The summed E-state index contributed by atoms with van der Waals surface area (Å²) in [5, 5.41) is 3.42. The predicted octanol–water partition coefficient (Wildman–Crippen LogP) is 2.56. The van der Waals surface area contributed by atoms with Gasteiger partial charge in [-0.05, 0) is 18.4 Å². The first-order chi connectivity index (χ1) is 12.2. The Balaban J connectivity index is 0.00000243. The smallest absolute Gasteiger partial charge is 0.213 e. The zero-order chi connectivity index (χ0) is 17.6. The quantitative estimate of drug-likeness (QED) is 0.423. The minimum absolute atomic E-state index is 0. The predicted molar refractivity (Wildman–Crippen MR) is 113 cm³/mol. The van der Waals surface area contributed by atoms with E-state index in [2.05, 4.69) is 36.7 Å². The molecule has 1 saturated heterocycles. The van der Waals surface area contributed by atoms with Crippen LogP contribution in [-0.4, -0.2) is 52.6 Å². The van der Waals surface area contributed by atoms with Gasteiger partial charge in [0.1, 0.15) is 0 Å². The summed E-state index contributed by atoms with van der Waals surface area (Å²) in [5.74, 6) is 2.14. The van der Waals surface area contributed by atoms with Gasteiger partial charge in [0.05, 0.1) is 31.7 Å². The van der Waals surface area contributed by atoms with E-state index in [9.17, 15) is 0 Å². The normalized spacial score (nSPS) is 20.4. The van der Waals surface area contributed by atoms with Crippen LogP contribution in [0, 0.1) is 5.92 Å². The first kappa shape index (κ1) is 20.5. The van der Waals surface area contributed by atoms with Gasteiger partial charge in [-0.3, -0.25) is 4.99 Å². The number of rotatable bonds is 4. The molecule has 2 unspecified atom stereocenters. The van der Waals surface area contributed by atoms with Crippen LogP contribution in [0.5, 0.6) is 5.88 Å².